The monoisotopic (exact) mass is 469 g/mol. The molecule has 10 nitrogen and oxygen atoms in total. The van der Waals surface area contributed by atoms with E-state index < -0.39 is 6.23 Å². The van der Waals surface area contributed by atoms with Gasteiger partial charge in [-0.05, 0) is 18.2 Å². The van der Waals surface area contributed by atoms with Crippen LogP contribution in [0, 0.1) is 0 Å². The fraction of sp³-hybridized carbons (Fsp3) is 0.455. The van der Waals surface area contributed by atoms with Crippen molar-refractivity contribution in [3.8, 4) is 11.4 Å². The molecule has 3 N–H and O–H groups in total. The van der Waals surface area contributed by atoms with Gasteiger partial charge in [-0.1, -0.05) is 0 Å². The molecule has 5 heterocycles. The lowest BCUT2D eigenvalue weighted by Crippen LogP contribution is -2.50. The van der Waals surface area contributed by atoms with Gasteiger partial charge in [0.05, 0.1) is 23.4 Å². The van der Waals surface area contributed by atoms with Crippen molar-refractivity contribution in [2.75, 3.05) is 63.1 Å². The van der Waals surface area contributed by atoms with E-state index in [1.807, 2.05) is 6.07 Å². The maximum Gasteiger partial charge on any atom is 0.164 e. The number of ether oxygens (including phenoxy) is 1. The number of hydrogen-bond acceptors (Lipinski definition) is 11. The molecule has 0 radical (unpaired) electrons. The Balaban J connectivity index is 1.43. The van der Waals surface area contributed by atoms with Gasteiger partial charge in [0.15, 0.2) is 24.2 Å². The molecule has 2 saturated heterocycles. The Hall–Kier alpha value is -2.70. The zero-order valence-electron chi connectivity index (χ0n) is 18.3. The first-order valence-corrected chi connectivity index (χ1v) is 11.9. The SMILES string of the molecule is Nc1ccc(-c2nc(N3CCOCC3)c3sc(CN4CCN(C(O)C=O)CC4)cc3n2)cn1. The van der Waals surface area contributed by atoms with Crippen molar-refractivity contribution in [1.82, 2.24) is 24.8 Å². The van der Waals surface area contributed by atoms with Crippen LogP contribution >= 0.6 is 11.3 Å². The number of pyridine rings is 1. The number of anilines is 2. The largest absolute Gasteiger partial charge is 0.384 e. The van der Waals surface area contributed by atoms with E-state index in [4.69, 9.17) is 20.4 Å². The van der Waals surface area contributed by atoms with E-state index in [0.29, 0.717) is 44.2 Å². The molecule has 33 heavy (non-hydrogen) atoms. The number of rotatable bonds is 6. The number of hydrogen-bond donors (Lipinski definition) is 2. The lowest BCUT2D eigenvalue weighted by atomic mass is 10.2. The number of carbonyl (C=O) groups is 1. The average Bonchev–Trinajstić information content (AvgIpc) is 3.26. The number of thiophene rings is 1. The molecule has 1 atom stereocenters. The minimum Gasteiger partial charge on any atom is -0.384 e. The average molecular weight is 470 g/mol. The molecule has 2 fully saturated rings. The summed E-state index contributed by atoms with van der Waals surface area (Å²) < 4.78 is 6.62. The van der Waals surface area contributed by atoms with Crippen LogP contribution in [0.15, 0.2) is 24.4 Å². The smallest absolute Gasteiger partial charge is 0.164 e. The highest BCUT2D eigenvalue weighted by atomic mass is 32.1. The summed E-state index contributed by atoms with van der Waals surface area (Å²) in [7, 11) is 0. The maximum absolute atomic E-state index is 10.8. The molecule has 3 aromatic heterocycles. The molecule has 5 rings (SSSR count). The van der Waals surface area contributed by atoms with Crippen molar-refractivity contribution >= 4 is 39.5 Å². The highest BCUT2D eigenvalue weighted by molar-refractivity contribution is 7.19. The first-order chi connectivity index (χ1) is 16.1. The number of nitrogens with zero attached hydrogens (tertiary/aromatic N) is 6. The third kappa shape index (κ3) is 4.82. The lowest BCUT2D eigenvalue weighted by molar-refractivity contribution is -0.125. The van der Waals surface area contributed by atoms with E-state index >= 15 is 0 Å². The number of nitrogens with two attached hydrogens (primary N) is 1. The number of morpholine rings is 1. The number of aldehydes is 1. The standard InChI is InChI=1S/C22H27N7O3S/c23-18-2-1-15(12-24-18)21-25-17-11-16(13-27-3-5-28(6-4-27)19(31)14-30)33-20(17)22(26-21)29-7-9-32-10-8-29/h1-2,11-12,14,19,31H,3-10,13H2,(H2,23,24). The summed E-state index contributed by atoms with van der Waals surface area (Å²) in [6.07, 6.45) is 1.28. The maximum atomic E-state index is 10.8. The summed E-state index contributed by atoms with van der Waals surface area (Å²) in [5.74, 6) is 2.04. The number of fused-ring (bicyclic) bond motifs is 1. The zero-order chi connectivity index (χ0) is 22.8. The second kappa shape index (κ2) is 9.65. The van der Waals surface area contributed by atoms with Crippen molar-refractivity contribution < 1.29 is 14.6 Å². The normalized spacial score (nSPS) is 19.1. The third-order valence-electron chi connectivity index (χ3n) is 6.04. The Labute approximate surface area is 195 Å². The summed E-state index contributed by atoms with van der Waals surface area (Å²) in [5, 5.41) is 9.74. The molecule has 1 unspecified atom stereocenters. The molecule has 3 aromatic rings. The second-order valence-electron chi connectivity index (χ2n) is 8.23. The van der Waals surface area contributed by atoms with Gasteiger partial charge < -0.3 is 20.5 Å². The summed E-state index contributed by atoms with van der Waals surface area (Å²) >= 11 is 1.73. The molecule has 0 amide bonds. The first-order valence-electron chi connectivity index (χ1n) is 11.1. The molecule has 0 spiro atoms. The van der Waals surface area contributed by atoms with E-state index in [1.54, 1.807) is 28.5 Å². The zero-order valence-corrected chi connectivity index (χ0v) is 19.1. The number of aromatic nitrogens is 3. The van der Waals surface area contributed by atoms with Gasteiger partial charge >= 0.3 is 0 Å². The van der Waals surface area contributed by atoms with Gasteiger partial charge in [-0.2, -0.15) is 0 Å². The molecule has 2 aliphatic rings. The highest BCUT2D eigenvalue weighted by Crippen LogP contribution is 2.35. The Morgan fingerprint density at radius 2 is 1.94 bits per heavy atom. The number of piperazine rings is 1. The fourth-order valence-corrected chi connectivity index (χ4v) is 5.35. The summed E-state index contributed by atoms with van der Waals surface area (Å²) in [6, 6.07) is 5.80. The molecular formula is C22H27N7O3S. The van der Waals surface area contributed by atoms with E-state index in [1.165, 1.54) is 4.88 Å². The predicted octanol–water partition coefficient (Wildman–Crippen LogP) is 0.807. The van der Waals surface area contributed by atoms with E-state index in [9.17, 15) is 9.90 Å². The van der Waals surface area contributed by atoms with Gasteiger partial charge in [0.1, 0.15) is 5.82 Å². The minimum absolute atomic E-state index is 0.465. The van der Waals surface area contributed by atoms with E-state index in [2.05, 4.69) is 20.9 Å². The minimum atomic E-state index is -1.01. The summed E-state index contributed by atoms with van der Waals surface area (Å²) in [6.45, 7) is 6.66. The number of aliphatic hydroxyl groups is 1. The molecule has 11 heteroatoms. The second-order valence-corrected chi connectivity index (χ2v) is 9.37. The molecule has 174 valence electrons. The number of nitrogen functional groups attached to an aromatic ring is 1. The van der Waals surface area contributed by atoms with Crippen LogP contribution in [-0.4, -0.2) is 94.9 Å². The van der Waals surface area contributed by atoms with Crippen LogP contribution in [0.2, 0.25) is 0 Å². The quantitative estimate of drug-likeness (QED) is 0.502. The first kappa shape index (κ1) is 22.1. The van der Waals surface area contributed by atoms with Crippen LogP contribution in [0.3, 0.4) is 0 Å². The molecule has 0 aliphatic carbocycles. The van der Waals surface area contributed by atoms with Crippen LogP contribution in [-0.2, 0) is 16.1 Å². The molecule has 0 bridgehead atoms. The van der Waals surface area contributed by atoms with Crippen molar-refractivity contribution in [1.29, 1.82) is 0 Å². The van der Waals surface area contributed by atoms with Gasteiger partial charge in [0, 0.05) is 62.5 Å². The molecular weight excluding hydrogens is 442 g/mol. The Kier molecular flexibility index (Phi) is 6.47. The summed E-state index contributed by atoms with van der Waals surface area (Å²) in [4.78, 5) is 32.4. The molecule has 2 aliphatic heterocycles. The number of carbonyl (C=O) groups excluding carboxylic acids is 1. The van der Waals surface area contributed by atoms with Gasteiger partial charge in [0.2, 0.25) is 0 Å². The molecule has 0 aromatic carbocycles. The van der Waals surface area contributed by atoms with Crippen LogP contribution in [0.1, 0.15) is 4.88 Å². The Bertz CT molecular complexity index is 1110. The topological polar surface area (TPSA) is 121 Å². The van der Waals surface area contributed by atoms with Crippen LogP contribution in [0.5, 0.6) is 0 Å². The van der Waals surface area contributed by atoms with Crippen LogP contribution in [0.4, 0.5) is 11.6 Å². The van der Waals surface area contributed by atoms with Gasteiger partial charge in [-0.15, -0.1) is 11.3 Å². The predicted molar refractivity (Wildman–Crippen MR) is 127 cm³/mol. The van der Waals surface area contributed by atoms with Gasteiger partial charge in [-0.25, -0.2) is 15.0 Å². The van der Waals surface area contributed by atoms with Gasteiger partial charge in [0.25, 0.3) is 0 Å². The van der Waals surface area contributed by atoms with Crippen LogP contribution < -0.4 is 10.6 Å². The fourth-order valence-electron chi connectivity index (χ4n) is 4.19. The van der Waals surface area contributed by atoms with Crippen molar-refractivity contribution in [3.05, 3.63) is 29.3 Å². The van der Waals surface area contributed by atoms with Crippen molar-refractivity contribution in [2.45, 2.75) is 12.8 Å². The van der Waals surface area contributed by atoms with Crippen molar-refractivity contribution in [2.24, 2.45) is 0 Å². The van der Waals surface area contributed by atoms with E-state index in [0.717, 1.165) is 54.3 Å². The van der Waals surface area contributed by atoms with E-state index in [-0.39, 0.29) is 0 Å². The Morgan fingerprint density at radius 1 is 1.15 bits per heavy atom. The highest BCUT2D eigenvalue weighted by Gasteiger charge is 2.24. The number of aliphatic hydroxyl groups excluding tert-OH is 1. The molecule has 0 saturated carbocycles. The lowest BCUT2D eigenvalue weighted by Gasteiger charge is -2.35. The summed E-state index contributed by atoms with van der Waals surface area (Å²) in [5.41, 5.74) is 7.51. The van der Waals surface area contributed by atoms with Crippen molar-refractivity contribution in [3.63, 3.8) is 0 Å². The Morgan fingerprint density at radius 3 is 2.64 bits per heavy atom. The third-order valence-corrected chi connectivity index (χ3v) is 7.15. The van der Waals surface area contributed by atoms with Crippen LogP contribution in [0.25, 0.3) is 21.6 Å². The van der Waals surface area contributed by atoms with Gasteiger partial charge in [-0.3, -0.25) is 14.6 Å².